The summed E-state index contributed by atoms with van der Waals surface area (Å²) in [5.41, 5.74) is 1.35. The SMILES string of the molecule is COc1ccc(C(CNC(=O)c2ccc(OC)c(S(=O)(=O)NC(C)C)c2)N2CCCC2)cc1. The van der Waals surface area contributed by atoms with Crippen LogP contribution in [-0.2, 0) is 10.0 Å². The molecular formula is C24H33N3O5S. The van der Waals surface area contributed by atoms with Gasteiger partial charge in [-0.1, -0.05) is 12.1 Å². The lowest BCUT2D eigenvalue weighted by atomic mass is 10.0. The Morgan fingerprint density at radius 2 is 1.70 bits per heavy atom. The standard InChI is InChI=1S/C24H33N3O5S/c1-17(2)26-33(29,30)23-15-19(9-12-22(23)32-4)24(28)25-16-21(27-13-5-6-14-27)18-7-10-20(31-3)11-8-18/h7-12,15,17,21,26H,5-6,13-14,16H2,1-4H3,(H,25,28). The molecule has 1 atom stereocenters. The van der Waals surface area contributed by atoms with Crippen LogP contribution in [0.25, 0.3) is 0 Å². The highest BCUT2D eigenvalue weighted by Crippen LogP contribution is 2.27. The lowest BCUT2D eigenvalue weighted by molar-refractivity contribution is 0.0937. The first-order valence-electron chi connectivity index (χ1n) is 11.1. The maximum absolute atomic E-state index is 13.0. The van der Waals surface area contributed by atoms with Crippen LogP contribution in [0.3, 0.4) is 0 Å². The van der Waals surface area contributed by atoms with Crippen molar-refractivity contribution in [2.24, 2.45) is 0 Å². The summed E-state index contributed by atoms with van der Waals surface area (Å²) < 4.78 is 38.5. The van der Waals surface area contributed by atoms with E-state index in [1.807, 2.05) is 24.3 Å². The molecule has 33 heavy (non-hydrogen) atoms. The molecule has 3 rings (SSSR count). The predicted octanol–water partition coefficient (Wildman–Crippen LogP) is 2.96. The molecule has 9 heteroatoms. The zero-order valence-electron chi connectivity index (χ0n) is 19.6. The molecular weight excluding hydrogens is 442 g/mol. The van der Waals surface area contributed by atoms with Crippen LogP contribution in [0, 0.1) is 0 Å². The average molecular weight is 476 g/mol. The van der Waals surface area contributed by atoms with Crippen molar-refractivity contribution in [1.82, 2.24) is 14.9 Å². The Morgan fingerprint density at radius 1 is 1.03 bits per heavy atom. The Kier molecular flexibility index (Phi) is 8.34. The number of nitrogens with zero attached hydrogens (tertiary/aromatic N) is 1. The summed E-state index contributed by atoms with van der Waals surface area (Å²) >= 11 is 0. The Balaban J connectivity index is 1.80. The zero-order valence-corrected chi connectivity index (χ0v) is 20.4. The van der Waals surface area contributed by atoms with Crippen molar-refractivity contribution in [3.05, 3.63) is 53.6 Å². The summed E-state index contributed by atoms with van der Waals surface area (Å²) in [5, 5.41) is 2.99. The molecule has 0 bridgehead atoms. The third-order valence-electron chi connectivity index (χ3n) is 5.64. The molecule has 8 nitrogen and oxygen atoms in total. The first-order chi connectivity index (χ1) is 15.7. The van der Waals surface area contributed by atoms with Crippen LogP contribution >= 0.6 is 0 Å². The van der Waals surface area contributed by atoms with Crippen molar-refractivity contribution in [1.29, 1.82) is 0 Å². The van der Waals surface area contributed by atoms with Gasteiger partial charge in [-0.25, -0.2) is 13.1 Å². The summed E-state index contributed by atoms with van der Waals surface area (Å²) in [4.78, 5) is 15.3. The van der Waals surface area contributed by atoms with E-state index in [2.05, 4.69) is 14.9 Å². The second kappa shape index (κ2) is 11.0. The minimum atomic E-state index is -3.83. The highest BCUT2D eigenvalue weighted by atomic mass is 32.2. The number of sulfonamides is 1. The topological polar surface area (TPSA) is 97.0 Å². The molecule has 1 heterocycles. The van der Waals surface area contributed by atoms with Crippen LogP contribution in [-0.4, -0.2) is 59.1 Å². The summed E-state index contributed by atoms with van der Waals surface area (Å²) in [6.07, 6.45) is 2.26. The number of hydrogen-bond donors (Lipinski definition) is 2. The molecule has 0 saturated carbocycles. The molecule has 1 unspecified atom stereocenters. The largest absolute Gasteiger partial charge is 0.497 e. The molecule has 1 aliphatic rings. The number of rotatable bonds is 10. The van der Waals surface area contributed by atoms with Crippen LogP contribution in [0.4, 0.5) is 0 Å². The van der Waals surface area contributed by atoms with Gasteiger partial charge >= 0.3 is 0 Å². The van der Waals surface area contributed by atoms with Crippen molar-refractivity contribution in [3.63, 3.8) is 0 Å². The smallest absolute Gasteiger partial charge is 0.251 e. The summed E-state index contributed by atoms with van der Waals surface area (Å²) in [7, 11) is -0.793. The minimum Gasteiger partial charge on any atom is -0.497 e. The number of amides is 1. The normalized spacial score (nSPS) is 15.4. The van der Waals surface area contributed by atoms with Gasteiger partial charge in [0, 0.05) is 18.2 Å². The number of nitrogens with one attached hydrogen (secondary N) is 2. The van der Waals surface area contributed by atoms with E-state index in [-0.39, 0.29) is 34.2 Å². The van der Waals surface area contributed by atoms with Gasteiger partial charge < -0.3 is 14.8 Å². The van der Waals surface area contributed by atoms with E-state index in [4.69, 9.17) is 9.47 Å². The molecule has 0 aromatic heterocycles. The van der Waals surface area contributed by atoms with Gasteiger partial charge in [0.25, 0.3) is 5.91 Å². The number of carbonyl (C=O) groups excluding carboxylic acids is 1. The van der Waals surface area contributed by atoms with Gasteiger partial charge in [-0.3, -0.25) is 9.69 Å². The van der Waals surface area contributed by atoms with E-state index in [1.54, 1.807) is 27.0 Å². The van der Waals surface area contributed by atoms with Crippen molar-refractivity contribution in [2.75, 3.05) is 33.9 Å². The molecule has 0 radical (unpaired) electrons. The fourth-order valence-corrected chi connectivity index (χ4v) is 5.48. The maximum Gasteiger partial charge on any atom is 0.251 e. The maximum atomic E-state index is 13.0. The van der Waals surface area contributed by atoms with Crippen molar-refractivity contribution < 1.29 is 22.7 Å². The summed E-state index contributed by atoms with van der Waals surface area (Å²) in [6, 6.07) is 12.0. The third-order valence-corrected chi connectivity index (χ3v) is 7.32. The quantitative estimate of drug-likeness (QED) is 0.548. The third kappa shape index (κ3) is 6.25. The van der Waals surface area contributed by atoms with Crippen LogP contribution in [0.5, 0.6) is 11.5 Å². The van der Waals surface area contributed by atoms with Gasteiger partial charge in [-0.2, -0.15) is 0 Å². The predicted molar refractivity (Wildman–Crippen MR) is 127 cm³/mol. The molecule has 1 saturated heterocycles. The van der Waals surface area contributed by atoms with Gasteiger partial charge in [-0.15, -0.1) is 0 Å². The lowest BCUT2D eigenvalue weighted by Crippen LogP contribution is -2.37. The van der Waals surface area contributed by atoms with Crippen LogP contribution in [0.15, 0.2) is 47.4 Å². The van der Waals surface area contributed by atoms with E-state index in [0.717, 1.165) is 37.2 Å². The van der Waals surface area contributed by atoms with Crippen LogP contribution < -0.4 is 19.5 Å². The van der Waals surface area contributed by atoms with Gasteiger partial charge in [0.1, 0.15) is 16.4 Å². The first-order valence-corrected chi connectivity index (χ1v) is 12.6. The van der Waals surface area contributed by atoms with E-state index in [9.17, 15) is 13.2 Å². The highest BCUT2D eigenvalue weighted by Gasteiger charge is 2.26. The molecule has 2 aromatic rings. The van der Waals surface area contributed by atoms with Gasteiger partial charge in [0.15, 0.2) is 0 Å². The number of ether oxygens (including phenoxy) is 2. The Hall–Kier alpha value is -2.62. The number of hydrogen-bond acceptors (Lipinski definition) is 6. The minimum absolute atomic E-state index is 0.0198. The van der Waals surface area contributed by atoms with Crippen molar-refractivity contribution >= 4 is 15.9 Å². The zero-order chi connectivity index (χ0) is 24.0. The number of methoxy groups -OCH3 is 2. The van der Waals surface area contributed by atoms with Crippen molar-refractivity contribution in [3.8, 4) is 11.5 Å². The first kappa shape index (κ1) is 25.0. The molecule has 0 spiro atoms. The molecule has 2 aromatic carbocycles. The highest BCUT2D eigenvalue weighted by molar-refractivity contribution is 7.89. The Labute approximate surface area is 196 Å². The van der Waals surface area contributed by atoms with Crippen LogP contribution in [0.2, 0.25) is 0 Å². The molecule has 1 amide bonds. The fraction of sp³-hybridized carbons (Fsp3) is 0.458. The van der Waals surface area contributed by atoms with Crippen molar-refractivity contribution in [2.45, 2.75) is 43.7 Å². The Bertz CT molecular complexity index is 1050. The number of carbonyl (C=O) groups is 1. The number of benzene rings is 2. The lowest BCUT2D eigenvalue weighted by Gasteiger charge is -2.28. The van der Waals surface area contributed by atoms with E-state index in [0.29, 0.717) is 6.54 Å². The average Bonchev–Trinajstić information content (AvgIpc) is 3.33. The monoisotopic (exact) mass is 475 g/mol. The summed E-state index contributed by atoms with van der Waals surface area (Å²) in [5.74, 6) is 0.633. The molecule has 180 valence electrons. The van der Waals surface area contributed by atoms with E-state index in [1.165, 1.54) is 19.2 Å². The second-order valence-corrected chi connectivity index (χ2v) is 10.1. The molecule has 0 aliphatic carbocycles. The Morgan fingerprint density at radius 3 is 2.27 bits per heavy atom. The summed E-state index contributed by atoms with van der Waals surface area (Å²) in [6.45, 7) is 5.82. The second-order valence-electron chi connectivity index (χ2n) is 8.38. The van der Waals surface area contributed by atoms with Gasteiger partial charge in [0.05, 0.1) is 20.3 Å². The number of likely N-dealkylation sites (tertiary alicyclic amines) is 1. The van der Waals surface area contributed by atoms with E-state index < -0.39 is 10.0 Å². The molecule has 1 fully saturated rings. The van der Waals surface area contributed by atoms with Crippen LogP contribution in [0.1, 0.15) is 48.7 Å². The molecule has 2 N–H and O–H groups in total. The van der Waals surface area contributed by atoms with Gasteiger partial charge in [-0.05, 0) is 75.7 Å². The van der Waals surface area contributed by atoms with E-state index >= 15 is 0 Å². The molecule has 1 aliphatic heterocycles. The fourth-order valence-electron chi connectivity index (χ4n) is 4.03. The van der Waals surface area contributed by atoms with Gasteiger partial charge in [0.2, 0.25) is 10.0 Å².